The molecule has 1 N–H and O–H groups in total. The van der Waals surface area contributed by atoms with Crippen LogP contribution in [-0.4, -0.2) is 48.8 Å². The molecule has 0 saturated carbocycles. The number of benzene rings is 1. The molecule has 1 atom stereocenters. The summed E-state index contributed by atoms with van der Waals surface area (Å²) in [7, 11) is -1.37. The van der Waals surface area contributed by atoms with E-state index in [1.54, 1.807) is 25.4 Å². The van der Waals surface area contributed by atoms with Gasteiger partial charge in [-0.25, -0.2) is 13.4 Å². The summed E-state index contributed by atoms with van der Waals surface area (Å²) < 4.78 is 23.3. The molecule has 1 aromatic heterocycles. The largest absolute Gasteiger partial charge is 0.340 e. The normalized spacial score (nSPS) is 18.7. The fraction of sp³-hybridized carbons (Fsp3) is 0.333. The number of aromatic nitrogens is 1. The summed E-state index contributed by atoms with van der Waals surface area (Å²) in [6.45, 7) is 2.01. The number of hydrogen-bond acceptors (Lipinski definition) is 5. The maximum Gasteiger partial charge on any atom is 0.254 e. The van der Waals surface area contributed by atoms with Crippen molar-refractivity contribution in [2.75, 3.05) is 23.9 Å². The van der Waals surface area contributed by atoms with Gasteiger partial charge in [0.25, 0.3) is 5.91 Å². The zero-order valence-corrected chi connectivity index (χ0v) is 15.1. The van der Waals surface area contributed by atoms with Crippen molar-refractivity contribution >= 4 is 27.2 Å². The first-order valence-electron chi connectivity index (χ1n) is 8.11. The zero-order valence-electron chi connectivity index (χ0n) is 14.3. The highest BCUT2D eigenvalue weighted by Crippen LogP contribution is 2.20. The summed E-state index contributed by atoms with van der Waals surface area (Å²) in [6, 6.07) is 10.9. The zero-order chi connectivity index (χ0) is 18.0. The summed E-state index contributed by atoms with van der Waals surface area (Å²) in [5.74, 6) is 0.555. The number of sulfone groups is 1. The van der Waals surface area contributed by atoms with E-state index >= 15 is 0 Å². The Balaban J connectivity index is 1.74. The van der Waals surface area contributed by atoms with Gasteiger partial charge >= 0.3 is 0 Å². The molecule has 1 saturated heterocycles. The van der Waals surface area contributed by atoms with Gasteiger partial charge in [-0.15, -0.1) is 0 Å². The maximum absolute atomic E-state index is 12.7. The molecule has 2 heterocycles. The second-order valence-electron chi connectivity index (χ2n) is 6.39. The number of rotatable bonds is 4. The quantitative estimate of drug-likeness (QED) is 0.907. The van der Waals surface area contributed by atoms with Crippen molar-refractivity contribution in [3.63, 3.8) is 0 Å². The third-order valence-electron chi connectivity index (χ3n) is 4.41. The maximum atomic E-state index is 12.7. The van der Waals surface area contributed by atoms with E-state index in [4.69, 9.17) is 0 Å². The van der Waals surface area contributed by atoms with Gasteiger partial charge in [0.05, 0.1) is 11.5 Å². The van der Waals surface area contributed by atoms with E-state index in [0.717, 1.165) is 11.3 Å². The smallest absolute Gasteiger partial charge is 0.254 e. The number of anilines is 2. The third-order valence-corrected chi connectivity index (χ3v) is 6.16. The summed E-state index contributed by atoms with van der Waals surface area (Å²) in [5, 5.41) is 3.17. The van der Waals surface area contributed by atoms with Gasteiger partial charge in [-0.2, -0.15) is 0 Å². The number of hydrogen-bond donors (Lipinski definition) is 1. The molecule has 0 spiro atoms. The monoisotopic (exact) mass is 359 g/mol. The molecule has 3 rings (SSSR count). The predicted molar refractivity (Wildman–Crippen MR) is 97.9 cm³/mol. The first kappa shape index (κ1) is 17.4. The molecule has 132 valence electrons. The van der Waals surface area contributed by atoms with Crippen molar-refractivity contribution in [3.05, 3.63) is 53.7 Å². The molecule has 1 aliphatic rings. The Morgan fingerprint density at radius 1 is 1.24 bits per heavy atom. The summed E-state index contributed by atoms with van der Waals surface area (Å²) in [4.78, 5) is 18.4. The summed E-state index contributed by atoms with van der Waals surface area (Å²) in [6.07, 6.45) is 2.06. The van der Waals surface area contributed by atoms with Crippen LogP contribution in [0.5, 0.6) is 0 Å². The standard InChI is InChI=1S/C18H21N3O3S/c1-13-3-5-15(6-4-13)20-17-11-14(7-9-19-17)18(22)21(2)16-8-10-25(23,24)12-16/h3-7,9,11,16H,8,10,12H2,1-2H3,(H,19,20). The van der Waals surface area contributed by atoms with E-state index in [0.29, 0.717) is 17.8 Å². The number of amides is 1. The molecule has 1 unspecified atom stereocenters. The van der Waals surface area contributed by atoms with E-state index in [1.165, 1.54) is 4.90 Å². The molecule has 25 heavy (non-hydrogen) atoms. The van der Waals surface area contributed by atoms with Crippen molar-refractivity contribution in [2.45, 2.75) is 19.4 Å². The SMILES string of the molecule is Cc1ccc(Nc2cc(C(=O)N(C)C3CCS(=O)(=O)C3)ccn2)cc1. The van der Waals surface area contributed by atoms with Crippen molar-refractivity contribution in [2.24, 2.45) is 0 Å². The molecule has 0 radical (unpaired) electrons. The van der Waals surface area contributed by atoms with Crippen LogP contribution in [0.2, 0.25) is 0 Å². The molecule has 1 aromatic carbocycles. The van der Waals surface area contributed by atoms with Crippen LogP contribution in [0, 0.1) is 6.92 Å². The lowest BCUT2D eigenvalue weighted by Crippen LogP contribution is -2.37. The number of pyridine rings is 1. The number of nitrogens with zero attached hydrogens (tertiary/aromatic N) is 2. The van der Waals surface area contributed by atoms with Crippen LogP contribution in [0.4, 0.5) is 11.5 Å². The number of carbonyl (C=O) groups excluding carboxylic acids is 1. The van der Waals surface area contributed by atoms with E-state index in [2.05, 4.69) is 10.3 Å². The number of carbonyl (C=O) groups is 1. The Bertz CT molecular complexity index is 879. The highest BCUT2D eigenvalue weighted by atomic mass is 32.2. The Labute approximate surface area is 147 Å². The highest BCUT2D eigenvalue weighted by Gasteiger charge is 2.33. The van der Waals surface area contributed by atoms with Crippen molar-refractivity contribution in [3.8, 4) is 0 Å². The van der Waals surface area contributed by atoms with E-state index in [-0.39, 0.29) is 23.5 Å². The average molecular weight is 359 g/mol. The summed E-state index contributed by atoms with van der Waals surface area (Å²) >= 11 is 0. The minimum atomic E-state index is -3.03. The predicted octanol–water partition coefficient (Wildman–Crippen LogP) is 2.39. The van der Waals surface area contributed by atoms with Crippen LogP contribution in [-0.2, 0) is 9.84 Å². The van der Waals surface area contributed by atoms with Gasteiger partial charge in [-0.3, -0.25) is 4.79 Å². The molecular weight excluding hydrogens is 338 g/mol. The molecule has 7 heteroatoms. The minimum Gasteiger partial charge on any atom is -0.340 e. The lowest BCUT2D eigenvalue weighted by molar-refractivity contribution is 0.0747. The van der Waals surface area contributed by atoms with Gasteiger partial charge in [-0.1, -0.05) is 17.7 Å². The second-order valence-corrected chi connectivity index (χ2v) is 8.62. The third kappa shape index (κ3) is 4.17. The highest BCUT2D eigenvalue weighted by molar-refractivity contribution is 7.91. The average Bonchev–Trinajstić information content (AvgIpc) is 2.96. The first-order valence-corrected chi connectivity index (χ1v) is 9.93. The Hall–Kier alpha value is -2.41. The molecule has 0 bridgehead atoms. The minimum absolute atomic E-state index is 0.0365. The van der Waals surface area contributed by atoms with Crippen LogP contribution >= 0.6 is 0 Å². The Morgan fingerprint density at radius 2 is 1.96 bits per heavy atom. The topological polar surface area (TPSA) is 79.4 Å². The van der Waals surface area contributed by atoms with Crippen molar-refractivity contribution in [1.29, 1.82) is 0 Å². The fourth-order valence-electron chi connectivity index (χ4n) is 2.87. The van der Waals surface area contributed by atoms with Crippen molar-refractivity contribution in [1.82, 2.24) is 9.88 Å². The molecule has 6 nitrogen and oxygen atoms in total. The fourth-order valence-corrected chi connectivity index (χ4v) is 4.64. The van der Waals surface area contributed by atoms with Crippen LogP contribution in [0.1, 0.15) is 22.3 Å². The van der Waals surface area contributed by atoms with Crippen LogP contribution < -0.4 is 5.32 Å². The van der Waals surface area contributed by atoms with E-state index < -0.39 is 9.84 Å². The molecule has 0 aliphatic carbocycles. The van der Waals surface area contributed by atoms with Crippen molar-refractivity contribution < 1.29 is 13.2 Å². The second kappa shape index (κ2) is 6.84. The summed E-state index contributed by atoms with van der Waals surface area (Å²) in [5.41, 5.74) is 2.53. The molecule has 2 aromatic rings. The van der Waals surface area contributed by atoms with Gasteiger partial charge in [0.1, 0.15) is 5.82 Å². The Morgan fingerprint density at radius 3 is 2.60 bits per heavy atom. The first-order chi connectivity index (χ1) is 11.8. The molecular formula is C18H21N3O3S. The lowest BCUT2D eigenvalue weighted by Gasteiger charge is -2.23. The van der Waals surface area contributed by atoms with Gasteiger partial charge in [0, 0.05) is 30.5 Å². The van der Waals surface area contributed by atoms with Gasteiger partial charge in [-0.05, 0) is 37.6 Å². The van der Waals surface area contributed by atoms with Gasteiger partial charge < -0.3 is 10.2 Å². The van der Waals surface area contributed by atoms with Crippen LogP contribution in [0.15, 0.2) is 42.6 Å². The number of nitrogens with one attached hydrogen (secondary N) is 1. The van der Waals surface area contributed by atoms with Gasteiger partial charge in [0.15, 0.2) is 9.84 Å². The Kier molecular flexibility index (Phi) is 4.76. The molecule has 1 amide bonds. The van der Waals surface area contributed by atoms with E-state index in [9.17, 15) is 13.2 Å². The van der Waals surface area contributed by atoms with Gasteiger partial charge in [0.2, 0.25) is 0 Å². The van der Waals surface area contributed by atoms with E-state index in [1.807, 2.05) is 31.2 Å². The number of aryl methyl sites for hydroxylation is 1. The lowest BCUT2D eigenvalue weighted by atomic mass is 10.1. The molecule has 1 fully saturated rings. The van der Waals surface area contributed by atoms with Crippen LogP contribution in [0.3, 0.4) is 0 Å². The molecule has 1 aliphatic heterocycles. The van der Waals surface area contributed by atoms with Crippen LogP contribution in [0.25, 0.3) is 0 Å².